The maximum atomic E-state index is 8.64. The van der Waals surface area contributed by atoms with Crippen molar-refractivity contribution in [3.63, 3.8) is 0 Å². The minimum atomic E-state index is 0.00874. The first-order chi connectivity index (χ1) is 13.9. The van der Waals surface area contributed by atoms with Crippen LogP contribution in [0.5, 0.6) is 17.2 Å². The Kier molecular flexibility index (Phi) is 10.0. The van der Waals surface area contributed by atoms with Gasteiger partial charge in [-0.05, 0) is 30.3 Å². The molecule has 10 heteroatoms. The third-order valence-electron chi connectivity index (χ3n) is 3.44. The van der Waals surface area contributed by atoms with Gasteiger partial charge in [0.1, 0.15) is 22.6 Å². The van der Waals surface area contributed by atoms with E-state index in [-0.39, 0.29) is 16.3 Å². The fourth-order valence-corrected chi connectivity index (χ4v) is 2.96. The van der Waals surface area contributed by atoms with Crippen LogP contribution in [0.25, 0.3) is 0 Å². The van der Waals surface area contributed by atoms with Crippen molar-refractivity contribution in [2.75, 3.05) is 19.8 Å². The van der Waals surface area contributed by atoms with Crippen LogP contribution in [0.15, 0.2) is 52.1 Å². The Hall–Kier alpha value is -1.50. The van der Waals surface area contributed by atoms with Crippen molar-refractivity contribution < 1.29 is 19.4 Å². The Balaban J connectivity index is 1.79. The Labute approximate surface area is 193 Å². The Morgan fingerprint density at radius 3 is 2.10 bits per heavy atom. The predicted molar refractivity (Wildman–Crippen MR) is 118 cm³/mol. The molecule has 0 aliphatic heterocycles. The van der Waals surface area contributed by atoms with E-state index < -0.39 is 0 Å². The van der Waals surface area contributed by atoms with Gasteiger partial charge in [0.05, 0.1) is 23.3 Å². The van der Waals surface area contributed by atoms with Crippen LogP contribution in [0.2, 0.25) is 10.0 Å². The number of oxime groups is 1. The quantitative estimate of drug-likeness (QED) is 0.167. The highest BCUT2D eigenvalue weighted by molar-refractivity contribution is 6.69. The highest BCUT2D eigenvalue weighted by Gasteiger charge is 2.11. The van der Waals surface area contributed by atoms with Crippen molar-refractivity contribution in [2.45, 2.75) is 6.42 Å². The summed E-state index contributed by atoms with van der Waals surface area (Å²) in [6.45, 7) is 0.959. The van der Waals surface area contributed by atoms with Gasteiger partial charge in [-0.25, -0.2) is 0 Å². The molecule has 0 heterocycles. The normalized spacial score (nSPS) is 11.1. The average Bonchev–Trinajstić information content (AvgIpc) is 2.69. The largest absolute Gasteiger partial charge is 0.493 e. The molecule has 0 atom stereocenters. The molecule has 0 radical (unpaired) electrons. The van der Waals surface area contributed by atoms with Gasteiger partial charge in [0.2, 0.25) is 0 Å². The molecule has 0 bridgehead atoms. The van der Waals surface area contributed by atoms with Gasteiger partial charge < -0.3 is 19.4 Å². The van der Waals surface area contributed by atoms with E-state index in [1.165, 1.54) is 6.08 Å². The molecule has 2 aromatic carbocycles. The third kappa shape index (κ3) is 8.03. The van der Waals surface area contributed by atoms with Crippen LogP contribution >= 0.6 is 58.0 Å². The van der Waals surface area contributed by atoms with Crippen LogP contribution in [-0.2, 0) is 0 Å². The molecular weight excluding hydrogens is 483 g/mol. The van der Waals surface area contributed by atoms with E-state index in [1.807, 2.05) is 0 Å². The molecular formula is C19H16Cl5NO4. The van der Waals surface area contributed by atoms with Gasteiger partial charge in [-0.1, -0.05) is 63.2 Å². The van der Waals surface area contributed by atoms with Crippen molar-refractivity contribution in [3.05, 3.63) is 62.6 Å². The first kappa shape index (κ1) is 23.8. The van der Waals surface area contributed by atoms with Gasteiger partial charge in [0, 0.05) is 24.1 Å². The SMILES string of the molecule is ON=C(Cl)c1ccc(OCCCOc2c(Cl)cc(OCC=C(Cl)Cl)cc2Cl)cc1. The molecule has 0 unspecified atom stereocenters. The predicted octanol–water partition coefficient (Wildman–Crippen LogP) is 6.91. The van der Waals surface area contributed by atoms with Crippen LogP contribution in [0, 0.1) is 0 Å². The molecule has 0 saturated heterocycles. The van der Waals surface area contributed by atoms with Crippen molar-refractivity contribution in [1.29, 1.82) is 0 Å². The second kappa shape index (κ2) is 12.3. The molecule has 2 aromatic rings. The molecule has 5 nitrogen and oxygen atoms in total. The van der Waals surface area contributed by atoms with Gasteiger partial charge in [0.15, 0.2) is 10.9 Å². The zero-order valence-corrected chi connectivity index (χ0v) is 18.7. The molecule has 0 aliphatic rings. The lowest BCUT2D eigenvalue weighted by Gasteiger charge is -2.12. The number of halogens is 5. The van der Waals surface area contributed by atoms with Crippen LogP contribution < -0.4 is 14.2 Å². The molecule has 0 spiro atoms. The van der Waals surface area contributed by atoms with Crippen LogP contribution in [-0.4, -0.2) is 30.2 Å². The van der Waals surface area contributed by atoms with Gasteiger partial charge in [-0.2, -0.15) is 0 Å². The lowest BCUT2D eigenvalue weighted by molar-refractivity contribution is 0.247. The fourth-order valence-electron chi connectivity index (χ4n) is 2.13. The van der Waals surface area contributed by atoms with Crippen molar-refractivity contribution in [1.82, 2.24) is 0 Å². The van der Waals surface area contributed by atoms with Gasteiger partial charge >= 0.3 is 0 Å². The van der Waals surface area contributed by atoms with E-state index in [0.29, 0.717) is 52.5 Å². The zero-order valence-electron chi connectivity index (χ0n) is 14.9. The molecule has 156 valence electrons. The maximum Gasteiger partial charge on any atom is 0.175 e. The van der Waals surface area contributed by atoms with Crippen molar-refractivity contribution in [2.24, 2.45) is 5.16 Å². The number of hydrogen-bond acceptors (Lipinski definition) is 5. The Morgan fingerprint density at radius 1 is 0.897 bits per heavy atom. The van der Waals surface area contributed by atoms with Gasteiger partial charge in [-0.3, -0.25) is 0 Å². The molecule has 0 aliphatic carbocycles. The van der Waals surface area contributed by atoms with E-state index in [2.05, 4.69) is 5.16 Å². The molecule has 0 aromatic heterocycles. The van der Waals surface area contributed by atoms with Crippen LogP contribution in [0.4, 0.5) is 0 Å². The highest BCUT2D eigenvalue weighted by atomic mass is 35.5. The summed E-state index contributed by atoms with van der Waals surface area (Å²) in [5, 5.41) is 12.2. The lowest BCUT2D eigenvalue weighted by Crippen LogP contribution is -2.06. The lowest BCUT2D eigenvalue weighted by atomic mass is 10.2. The van der Waals surface area contributed by atoms with Crippen molar-refractivity contribution >= 4 is 63.2 Å². The topological polar surface area (TPSA) is 60.3 Å². The van der Waals surface area contributed by atoms with E-state index >= 15 is 0 Å². The molecule has 0 amide bonds. The fraction of sp³-hybridized carbons (Fsp3) is 0.211. The number of ether oxygens (including phenoxy) is 3. The number of hydrogen-bond donors (Lipinski definition) is 1. The number of benzene rings is 2. The smallest absolute Gasteiger partial charge is 0.175 e. The monoisotopic (exact) mass is 497 g/mol. The number of nitrogens with zero attached hydrogens (tertiary/aromatic N) is 1. The summed E-state index contributed by atoms with van der Waals surface area (Å²) in [5.74, 6) is 1.49. The van der Waals surface area contributed by atoms with E-state index in [1.54, 1.807) is 36.4 Å². The molecule has 1 N–H and O–H groups in total. The van der Waals surface area contributed by atoms with E-state index in [4.69, 9.17) is 77.4 Å². The first-order valence-electron chi connectivity index (χ1n) is 8.27. The molecule has 29 heavy (non-hydrogen) atoms. The minimum Gasteiger partial charge on any atom is -0.493 e. The average molecular weight is 500 g/mol. The molecule has 0 saturated carbocycles. The van der Waals surface area contributed by atoms with Crippen molar-refractivity contribution in [3.8, 4) is 17.2 Å². The van der Waals surface area contributed by atoms with E-state index in [9.17, 15) is 0 Å². The first-order valence-corrected chi connectivity index (χ1v) is 10.2. The Morgan fingerprint density at radius 2 is 1.52 bits per heavy atom. The molecule has 2 rings (SSSR count). The minimum absolute atomic E-state index is 0.00874. The second-order valence-electron chi connectivity index (χ2n) is 5.49. The second-order valence-corrected chi connectivity index (χ2v) is 7.67. The summed E-state index contributed by atoms with van der Waals surface area (Å²) < 4.78 is 16.8. The van der Waals surface area contributed by atoms with Crippen LogP contribution in [0.1, 0.15) is 12.0 Å². The standard InChI is InChI=1S/C19H16Cl5NO4/c20-15-10-14(28-9-6-17(22)23)11-16(21)18(15)29-8-1-7-27-13-4-2-12(3-5-13)19(24)25-26/h2-6,10-11,26H,1,7-9H2. The zero-order chi connectivity index (χ0) is 21.2. The summed E-state index contributed by atoms with van der Waals surface area (Å²) in [6, 6.07) is 10.0. The highest BCUT2D eigenvalue weighted by Crippen LogP contribution is 2.37. The number of rotatable bonds is 10. The summed E-state index contributed by atoms with van der Waals surface area (Å²) in [4.78, 5) is 0. The van der Waals surface area contributed by atoms with E-state index in [0.717, 1.165) is 0 Å². The summed E-state index contributed by atoms with van der Waals surface area (Å²) in [6.07, 6.45) is 2.10. The third-order valence-corrected chi connectivity index (χ3v) is 4.61. The van der Waals surface area contributed by atoms with Gasteiger partial charge in [-0.15, -0.1) is 0 Å². The summed E-state index contributed by atoms with van der Waals surface area (Å²) >= 11 is 29.2. The van der Waals surface area contributed by atoms with Gasteiger partial charge in [0.25, 0.3) is 0 Å². The summed E-state index contributed by atoms with van der Waals surface area (Å²) in [7, 11) is 0. The maximum absolute atomic E-state index is 8.64. The Bertz CT molecular complexity index is 844. The summed E-state index contributed by atoms with van der Waals surface area (Å²) in [5.41, 5.74) is 0.586. The molecule has 0 fully saturated rings. The van der Waals surface area contributed by atoms with Crippen LogP contribution in [0.3, 0.4) is 0 Å².